The zero-order valence-electron chi connectivity index (χ0n) is 13.0. The molecule has 0 aliphatic carbocycles. The topological polar surface area (TPSA) is 39.6 Å². The maximum absolute atomic E-state index is 9.47. The molecule has 0 unspecified atom stereocenters. The van der Waals surface area contributed by atoms with Crippen molar-refractivity contribution in [2.75, 3.05) is 39.1 Å². The van der Waals surface area contributed by atoms with E-state index in [0.29, 0.717) is 0 Å². The average molecular weight is 285 g/mol. The lowest BCUT2D eigenvalue weighted by atomic mass is 9.91. The first-order valence-corrected chi connectivity index (χ1v) is 7.54. The van der Waals surface area contributed by atoms with E-state index in [2.05, 4.69) is 51.7 Å². The van der Waals surface area contributed by atoms with Gasteiger partial charge in [0.25, 0.3) is 0 Å². The summed E-state index contributed by atoms with van der Waals surface area (Å²) in [5.74, 6) is 0. The average Bonchev–Trinajstić information content (AvgIpc) is 2.71. The van der Waals surface area contributed by atoms with Crippen molar-refractivity contribution >= 4 is 16.5 Å². The smallest absolute Gasteiger partial charge is 0.185 e. The van der Waals surface area contributed by atoms with Crippen LogP contribution in [0.25, 0.3) is 0 Å². The highest BCUT2D eigenvalue weighted by atomic mass is 32.1. The van der Waals surface area contributed by atoms with Crippen LogP contribution in [0.1, 0.15) is 37.8 Å². The molecule has 1 aromatic rings. The summed E-state index contributed by atoms with van der Waals surface area (Å²) in [6, 6.07) is 0. The van der Waals surface area contributed by atoms with E-state index in [-0.39, 0.29) is 12.0 Å². The molecular weight excluding hydrogens is 258 g/mol. The first-order valence-electron chi connectivity index (χ1n) is 6.72. The number of anilines is 1. The Kier molecular flexibility index (Phi) is 5.77. The van der Waals surface area contributed by atoms with Gasteiger partial charge >= 0.3 is 0 Å². The van der Waals surface area contributed by atoms with Gasteiger partial charge in [0.1, 0.15) is 0 Å². The molecule has 0 saturated carbocycles. The van der Waals surface area contributed by atoms with Crippen molar-refractivity contribution in [1.29, 1.82) is 0 Å². The third-order valence-corrected chi connectivity index (χ3v) is 4.12. The molecule has 0 aliphatic heterocycles. The van der Waals surface area contributed by atoms with Crippen LogP contribution in [0.5, 0.6) is 0 Å². The van der Waals surface area contributed by atoms with Gasteiger partial charge in [-0.15, -0.1) is 0 Å². The number of aliphatic hydroxyl groups is 1. The Morgan fingerprint density at radius 1 is 1.16 bits per heavy atom. The summed E-state index contributed by atoms with van der Waals surface area (Å²) in [6.07, 6.45) is 1.11. The highest BCUT2D eigenvalue weighted by Gasteiger charge is 2.23. The summed E-state index contributed by atoms with van der Waals surface area (Å²) in [5.41, 5.74) is 1.01. The maximum Gasteiger partial charge on any atom is 0.185 e. The number of hydrogen-bond acceptors (Lipinski definition) is 5. The molecule has 19 heavy (non-hydrogen) atoms. The molecule has 0 bridgehead atoms. The summed E-state index contributed by atoms with van der Waals surface area (Å²) in [5, 5.41) is 10.5. The van der Waals surface area contributed by atoms with Crippen LogP contribution in [0.3, 0.4) is 0 Å². The van der Waals surface area contributed by atoms with Crippen molar-refractivity contribution in [2.45, 2.75) is 39.2 Å². The van der Waals surface area contributed by atoms with Gasteiger partial charge in [-0.05, 0) is 27.1 Å². The van der Waals surface area contributed by atoms with Crippen LogP contribution in [-0.2, 0) is 12.0 Å². The molecular formula is C14H27N3OS. The quantitative estimate of drug-likeness (QED) is 0.871. The molecule has 1 heterocycles. The van der Waals surface area contributed by atoms with Crippen molar-refractivity contribution in [1.82, 2.24) is 9.88 Å². The second kappa shape index (κ2) is 6.68. The standard InChI is InChI=1S/C14H27N3OS/c1-14(2,3)12-11(10-18)19-13(15-12)17(6)9-7-8-16(4)5/h18H,7-10H2,1-6H3. The third-order valence-electron chi connectivity index (χ3n) is 2.97. The predicted molar refractivity (Wildman–Crippen MR) is 83.2 cm³/mol. The molecule has 1 aromatic heterocycles. The van der Waals surface area contributed by atoms with E-state index in [1.54, 1.807) is 11.3 Å². The van der Waals surface area contributed by atoms with Crippen molar-refractivity contribution < 1.29 is 5.11 Å². The minimum atomic E-state index is -0.0166. The van der Waals surface area contributed by atoms with Crippen LogP contribution in [0.2, 0.25) is 0 Å². The number of hydrogen-bond donors (Lipinski definition) is 1. The Labute approximate surface area is 121 Å². The molecule has 5 heteroatoms. The van der Waals surface area contributed by atoms with E-state index in [9.17, 15) is 5.11 Å². The molecule has 1 rings (SSSR count). The Morgan fingerprint density at radius 2 is 1.79 bits per heavy atom. The fourth-order valence-electron chi connectivity index (χ4n) is 1.92. The number of thiazole rings is 1. The highest BCUT2D eigenvalue weighted by molar-refractivity contribution is 7.15. The summed E-state index contributed by atoms with van der Waals surface area (Å²) in [7, 11) is 6.25. The van der Waals surface area contributed by atoms with E-state index < -0.39 is 0 Å². The Bertz CT molecular complexity index is 396. The third kappa shape index (κ3) is 4.75. The zero-order chi connectivity index (χ0) is 14.6. The molecule has 110 valence electrons. The first kappa shape index (κ1) is 16.4. The Balaban J connectivity index is 2.76. The summed E-state index contributed by atoms with van der Waals surface area (Å²) in [6.45, 7) is 8.55. The van der Waals surface area contributed by atoms with Gasteiger partial charge in [0.2, 0.25) is 0 Å². The molecule has 0 atom stereocenters. The fourth-order valence-corrected chi connectivity index (χ4v) is 3.03. The number of aromatic nitrogens is 1. The lowest BCUT2D eigenvalue weighted by Crippen LogP contribution is -2.23. The molecule has 4 nitrogen and oxygen atoms in total. The molecule has 0 aromatic carbocycles. The minimum absolute atomic E-state index is 0.0166. The van der Waals surface area contributed by atoms with Crippen LogP contribution >= 0.6 is 11.3 Å². The normalized spacial score (nSPS) is 12.2. The van der Waals surface area contributed by atoms with Crippen LogP contribution in [0.4, 0.5) is 5.13 Å². The van der Waals surface area contributed by atoms with E-state index in [0.717, 1.165) is 35.2 Å². The molecule has 0 spiro atoms. The molecule has 0 fully saturated rings. The predicted octanol–water partition coefficient (Wildman–Crippen LogP) is 2.32. The number of rotatable bonds is 6. The van der Waals surface area contributed by atoms with E-state index in [1.807, 2.05) is 0 Å². The lowest BCUT2D eigenvalue weighted by Gasteiger charge is -2.18. The van der Waals surface area contributed by atoms with Gasteiger partial charge in [0.15, 0.2) is 5.13 Å². The second-order valence-electron chi connectivity index (χ2n) is 6.25. The second-order valence-corrected chi connectivity index (χ2v) is 7.32. The van der Waals surface area contributed by atoms with E-state index in [1.165, 1.54) is 0 Å². The lowest BCUT2D eigenvalue weighted by molar-refractivity contribution is 0.282. The SMILES string of the molecule is CN(C)CCCN(C)c1nc(C(C)(C)C)c(CO)s1. The minimum Gasteiger partial charge on any atom is -0.391 e. The molecule has 1 N–H and O–H groups in total. The van der Waals surface area contributed by atoms with Crippen molar-refractivity contribution in [3.63, 3.8) is 0 Å². The van der Waals surface area contributed by atoms with Gasteiger partial charge in [-0.25, -0.2) is 4.98 Å². The van der Waals surface area contributed by atoms with Gasteiger partial charge in [0, 0.05) is 19.0 Å². The van der Waals surface area contributed by atoms with Gasteiger partial charge in [-0.1, -0.05) is 32.1 Å². The first-order chi connectivity index (χ1) is 8.75. The van der Waals surface area contributed by atoms with Crippen molar-refractivity contribution in [3.8, 4) is 0 Å². The van der Waals surface area contributed by atoms with Crippen molar-refractivity contribution in [2.24, 2.45) is 0 Å². The summed E-state index contributed by atoms with van der Waals surface area (Å²) >= 11 is 1.60. The molecule has 0 aliphatic rings. The molecule has 0 amide bonds. The van der Waals surface area contributed by atoms with Gasteiger partial charge in [-0.3, -0.25) is 0 Å². The van der Waals surface area contributed by atoms with E-state index in [4.69, 9.17) is 4.98 Å². The van der Waals surface area contributed by atoms with E-state index >= 15 is 0 Å². The van der Waals surface area contributed by atoms with Gasteiger partial charge in [-0.2, -0.15) is 0 Å². The summed E-state index contributed by atoms with van der Waals surface area (Å²) < 4.78 is 0. The summed E-state index contributed by atoms with van der Waals surface area (Å²) in [4.78, 5) is 10.1. The molecule has 0 radical (unpaired) electrons. The Hall–Kier alpha value is -0.650. The number of aliphatic hydroxyl groups excluding tert-OH is 1. The largest absolute Gasteiger partial charge is 0.391 e. The maximum atomic E-state index is 9.47. The fraction of sp³-hybridized carbons (Fsp3) is 0.786. The molecule has 0 saturated heterocycles. The van der Waals surface area contributed by atoms with Crippen LogP contribution in [-0.4, -0.2) is 49.2 Å². The monoisotopic (exact) mass is 285 g/mol. The Morgan fingerprint density at radius 3 is 2.21 bits per heavy atom. The van der Waals surface area contributed by atoms with Crippen molar-refractivity contribution in [3.05, 3.63) is 10.6 Å². The van der Waals surface area contributed by atoms with Crippen LogP contribution in [0, 0.1) is 0 Å². The van der Waals surface area contributed by atoms with Gasteiger partial charge < -0.3 is 14.9 Å². The zero-order valence-corrected chi connectivity index (χ0v) is 13.8. The van der Waals surface area contributed by atoms with Gasteiger partial charge in [0.05, 0.1) is 17.2 Å². The van der Waals surface area contributed by atoms with Crippen LogP contribution < -0.4 is 4.90 Å². The van der Waals surface area contributed by atoms with Crippen LogP contribution in [0.15, 0.2) is 0 Å². The highest BCUT2D eigenvalue weighted by Crippen LogP contribution is 2.33. The number of nitrogens with zero attached hydrogens (tertiary/aromatic N) is 3.